The van der Waals surface area contributed by atoms with Gasteiger partial charge in [-0.05, 0) is 18.9 Å². The summed E-state index contributed by atoms with van der Waals surface area (Å²) in [6, 6.07) is 3.60. The second-order valence-corrected chi connectivity index (χ2v) is 5.82. The van der Waals surface area contributed by atoms with Crippen LogP contribution in [0.25, 0.3) is 10.9 Å². The van der Waals surface area contributed by atoms with Gasteiger partial charge in [0.2, 0.25) is 0 Å². The molecule has 0 saturated heterocycles. The molecule has 5 heteroatoms. The van der Waals surface area contributed by atoms with Crippen molar-refractivity contribution < 1.29 is 9.13 Å². The number of hydrogen-bond acceptors (Lipinski definition) is 3. The fourth-order valence-electron chi connectivity index (χ4n) is 2.65. The molecule has 1 aliphatic heterocycles. The molecule has 1 N–H and O–H groups in total. The smallest absolute Gasteiger partial charge is 0.143 e. The van der Waals surface area contributed by atoms with Crippen LogP contribution in [0.4, 0.5) is 10.1 Å². The van der Waals surface area contributed by atoms with Crippen LogP contribution >= 0.6 is 11.6 Å². The Labute approximate surface area is 121 Å². The van der Waals surface area contributed by atoms with Gasteiger partial charge >= 0.3 is 0 Å². The van der Waals surface area contributed by atoms with Crippen LogP contribution in [0.1, 0.15) is 24.1 Å². The highest BCUT2D eigenvalue weighted by Crippen LogP contribution is 2.37. The first-order valence-electron chi connectivity index (χ1n) is 6.87. The van der Waals surface area contributed by atoms with E-state index in [-0.39, 0.29) is 5.02 Å². The zero-order chi connectivity index (χ0) is 13.7. The normalized spacial score (nSPS) is 18.1. The minimum atomic E-state index is -0.420. The van der Waals surface area contributed by atoms with Gasteiger partial charge in [-0.2, -0.15) is 0 Å². The van der Waals surface area contributed by atoms with E-state index in [1.54, 1.807) is 6.07 Å². The summed E-state index contributed by atoms with van der Waals surface area (Å²) in [5.41, 5.74) is 3.79. The van der Waals surface area contributed by atoms with E-state index in [4.69, 9.17) is 16.3 Å². The van der Waals surface area contributed by atoms with Crippen LogP contribution in [0.5, 0.6) is 0 Å². The lowest BCUT2D eigenvalue weighted by Crippen LogP contribution is -2.16. The molecule has 0 bridgehead atoms. The second kappa shape index (κ2) is 4.57. The molecule has 0 amide bonds. The molecule has 1 aromatic carbocycles. The van der Waals surface area contributed by atoms with Crippen LogP contribution in [0.15, 0.2) is 12.1 Å². The van der Waals surface area contributed by atoms with Crippen molar-refractivity contribution in [3.8, 4) is 0 Å². The molecule has 1 aromatic heterocycles. The van der Waals surface area contributed by atoms with E-state index >= 15 is 0 Å². The molecule has 1 saturated carbocycles. The Bertz CT molecular complexity index is 700. The molecular weight excluding hydrogens is 279 g/mol. The third-order valence-corrected chi connectivity index (χ3v) is 4.16. The Kier molecular flexibility index (Phi) is 2.82. The van der Waals surface area contributed by atoms with Gasteiger partial charge < -0.3 is 10.1 Å². The summed E-state index contributed by atoms with van der Waals surface area (Å²) in [5.74, 6) is -0.420. The Morgan fingerprint density at radius 3 is 3.00 bits per heavy atom. The first-order valence-corrected chi connectivity index (χ1v) is 7.25. The van der Waals surface area contributed by atoms with Crippen molar-refractivity contribution in [1.82, 2.24) is 4.98 Å². The number of hydrogen-bond donors (Lipinski definition) is 1. The lowest BCUT2D eigenvalue weighted by Gasteiger charge is -2.22. The van der Waals surface area contributed by atoms with E-state index in [1.807, 2.05) is 0 Å². The molecule has 0 spiro atoms. The van der Waals surface area contributed by atoms with Gasteiger partial charge in [-0.1, -0.05) is 11.6 Å². The maximum Gasteiger partial charge on any atom is 0.143 e. The van der Waals surface area contributed by atoms with Gasteiger partial charge in [-0.25, -0.2) is 4.39 Å². The predicted octanol–water partition coefficient (Wildman–Crippen LogP) is 3.67. The number of rotatable bonds is 2. The lowest BCUT2D eigenvalue weighted by molar-refractivity contribution is 0.110. The number of pyridine rings is 1. The number of benzene rings is 1. The Morgan fingerprint density at radius 1 is 1.35 bits per heavy atom. The Morgan fingerprint density at radius 2 is 2.20 bits per heavy atom. The van der Waals surface area contributed by atoms with Gasteiger partial charge in [0.25, 0.3) is 0 Å². The number of anilines is 1. The zero-order valence-corrected chi connectivity index (χ0v) is 11.6. The van der Waals surface area contributed by atoms with Gasteiger partial charge in [0.05, 0.1) is 35.1 Å². The zero-order valence-electron chi connectivity index (χ0n) is 10.9. The lowest BCUT2D eigenvalue weighted by atomic mass is 10.0. The van der Waals surface area contributed by atoms with Gasteiger partial charge in [0, 0.05) is 29.5 Å². The summed E-state index contributed by atoms with van der Waals surface area (Å²) in [5, 5.41) is 4.55. The average molecular weight is 293 g/mol. The van der Waals surface area contributed by atoms with E-state index in [0.29, 0.717) is 24.8 Å². The molecule has 1 fully saturated rings. The second-order valence-electron chi connectivity index (χ2n) is 5.42. The molecule has 2 aliphatic rings. The van der Waals surface area contributed by atoms with Crippen LogP contribution in [0.2, 0.25) is 5.02 Å². The van der Waals surface area contributed by atoms with E-state index < -0.39 is 5.82 Å². The summed E-state index contributed by atoms with van der Waals surface area (Å²) >= 11 is 5.93. The van der Waals surface area contributed by atoms with Crippen LogP contribution < -0.4 is 5.32 Å². The average Bonchev–Trinajstić information content (AvgIpc) is 3.25. The summed E-state index contributed by atoms with van der Waals surface area (Å²) in [6.07, 6.45) is 3.12. The fraction of sp³-hybridized carbons (Fsp3) is 0.400. The van der Waals surface area contributed by atoms with Gasteiger partial charge in [0.1, 0.15) is 5.82 Å². The molecule has 0 radical (unpaired) electrons. The minimum absolute atomic E-state index is 0.134. The molecule has 2 heterocycles. The number of ether oxygens (including phenoxy) is 1. The van der Waals surface area contributed by atoms with E-state index in [1.165, 1.54) is 18.9 Å². The Balaban J connectivity index is 1.98. The summed E-state index contributed by atoms with van der Waals surface area (Å²) in [7, 11) is 0. The fourth-order valence-corrected chi connectivity index (χ4v) is 2.81. The van der Waals surface area contributed by atoms with Crippen molar-refractivity contribution >= 4 is 28.2 Å². The van der Waals surface area contributed by atoms with E-state index in [9.17, 15) is 4.39 Å². The van der Waals surface area contributed by atoms with Crippen LogP contribution in [0.3, 0.4) is 0 Å². The SMILES string of the molecule is Fc1cc2nc3c(c(NC4CC4)c2cc1Cl)COCC3. The standard InChI is InChI=1S/C15H14ClFN2O/c16-11-5-9-14(6-12(11)17)19-13-3-4-20-7-10(13)15(9)18-8-1-2-8/h5-6,8H,1-4,7H2,(H,18,19). The summed E-state index contributed by atoms with van der Waals surface area (Å²) < 4.78 is 19.2. The number of fused-ring (bicyclic) bond motifs is 2. The molecule has 3 nitrogen and oxygen atoms in total. The molecule has 104 valence electrons. The summed E-state index contributed by atoms with van der Waals surface area (Å²) in [4.78, 5) is 4.59. The number of nitrogens with one attached hydrogen (secondary N) is 1. The molecule has 0 atom stereocenters. The number of halogens is 2. The minimum Gasteiger partial charge on any atom is -0.381 e. The predicted molar refractivity (Wildman–Crippen MR) is 76.7 cm³/mol. The van der Waals surface area contributed by atoms with Crippen LogP contribution in [-0.4, -0.2) is 17.6 Å². The van der Waals surface area contributed by atoms with Crippen LogP contribution in [0, 0.1) is 5.82 Å². The molecule has 2 aromatic rings. The van der Waals surface area contributed by atoms with Gasteiger partial charge in [0.15, 0.2) is 0 Å². The largest absolute Gasteiger partial charge is 0.381 e. The van der Waals surface area contributed by atoms with E-state index in [0.717, 1.165) is 28.8 Å². The highest BCUT2D eigenvalue weighted by molar-refractivity contribution is 6.31. The maximum absolute atomic E-state index is 13.7. The van der Waals surface area contributed by atoms with Gasteiger partial charge in [-0.3, -0.25) is 4.98 Å². The van der Waals surface area contributed by atoms with Crippen molar-refractivity contribution in [2.75, 3.05) is 11.9 Å². The third kappa shape index (κ3) is 2.03. The topological polar surface area (TPSA) is 34.2 Å². The van der Waals surface area contributed by atoms with Crippen molar-refractivity contribution in [3.05, 3.63) is 34.2 Å². The van der Waals surface area contributed by atoms with Crippen molar-refractivity contribution in [3.63, 3.8) is 0 Å². The van der Waals surface area contributed by atoms with Crippen LogP contribution in [-0.2, 0) is 17.8 Å². The first kappa shape index (κ1) is 12.4. The maximum atomic E-state index is 13.7. The quantitative estimate of drug-likeness (QED) is 0.917. The molecule has 0 unspecified atom stereocenters. The Hall–Kier alpha value is -1.39. The molecule has 4 rings (SSSR count). The van der Waals surface area contributed by atoms with E-state index in [2.05, 4.69) is 10.3 Å². The van der Waals surface area contributed by atoms with Crippen molar-refractivity contribution in [2.45, 2.75) is 31.9 Å². The molecule has 20 heavy (non-hydrogen) atoms. The monoisotopic (exact) mass is 292 g/mol. The highest BCUT2D eigenvalue weighted by Gasteiger charge is 2.26. The third-order valence-electron chi connectivity index (χ3n) is 3.87. The number of nitrogens with zero attached hydrogens (tertiary/aromatic N) is 1. The van der Waals surface area contributed by atoms with Crippen molar-refractivity contribution in [1.29, 1.82) is 0 Å². The van der Waals surface area contributed by atoms with Crippen molar-refractivity contribution in [2.24, 2.45) is 0 Å². The first-order chi connectivity index (χ1) is 9.72. The van der Waals surface area contributed by atoms with Gasteiger partial charge in [-0.15, -0.1) is 0 Å². The molecule has 1 aliphatic carbocycles. The highest BCUT2D eigenvalue weighted by atomic mass is 35.5. The number of aromatic nitrogens is 1. The molecular formula is C15H14ClFN2O. The summed E-state index contributed by atoms with van der Waals surface area (Å²) in [6.45, 7) is 1.23.